The van der Waals surface area contributed by atoms with Crippen molar-refractivity contribution in [2.24, 2.45) is 16.6 Å². The van der Waals surface area contributed by atoms with Crippen LogP contribution in [0.3, 0.4) is 0 Å². The molecule has 0 radical (unpaired) electrons. The number of hydrogen-bond acceptors (Lipinski definition) is 2. The summed E-state index contributed by atoms with van der Waals surface area (Å²) in [6.07, 6.45) is 6.01. The zero-order valence-corrected chi connectivity index (χ0v) is 9.25. The standard InChI is InChI=1S/C11H19N3O/c1-8(11(12)15)14-10(13-2)7-9-5-3-4-6-9/h9H,1,3-7H2,2H3,(H2,12,15)(H,13,14). The topological polar surface area (TPSA) is 67.5 Å². The van der Waals surface area contributed by atoms with Gasteiger partial charge in [-0.15, -0.1) is 0 Å². The molecular weight excluding hydrogens is 190 g/mol. The Morgan fingerprint density at radius 1 is 1.53 bits per heavy atom. The van der Waals surface area contributed by atoms with E-state index in [4.69, 9.17) is 5.73 Å². The van der Waals surface area contributed by atoms with Gasteiger partial charge in [0.2, 0.25) is 0 Å². The van der Waals surface area contributed by atoms with E-state index in [1.807, 2.05) is 0 Å². The molecule has 1 aliphatic carbocycles. The smallest absolute Gasteiger partial charge is 0.264 e. The Bertz CT molecular complexity index is 278. The fourth-order valence-electron chi connectivity index (χ4n) is 1.92. The molecule has 0 aliphatic heterocycles. The monoisotopic (exact) mass is 209 g/mol. The summed E-state index contributed by atoms with van der Waals surface area (Å²) in [5.41, 5.74) is 5.31. The Morgan fingerprint density at radius 2 is 2.13 bits per heavy atom. The minimum atomic E-state index is -0.525. The highest BCUT2D eigenvalue weighted by Crippen LogP contribution is 2.27. The van der Waals surface area contributed by atoms with Crippen LogP contribution in [0.15, 0.2) is 17.3 Å². The molecule has 1 amide bonds. The van der Waals surface area contributed by atoms with Crippen molar-refractivity contribution >= 4 is 11.7 Å². The molecule has 0 saturated heterocycles. The van der Waals surface area contributed by atoms with Crippen molar-refractivity contribution < 1.29 is 4.79 Å². The summed E-state index contributed by atoms with van der Waals surface area (Å²) in [6, 6.07) is 0. The molecule has 0 spiro atoms. The maximum absolute atomic E-state index is 10.8. The number of carbonyl (C=O) groups excluding carboxylic acids is 1. The Kier molecular flexibility index (Phi) is 4.34. The molecule has 0 heterocycles. The number of nitrogens with one attached hydrogen (secondary N) is 1. The predicted molar refractivity (Wildman–Crippen MR) is 61.4 cm³/mol. The summed E-state index contributed by atoms with van der Waals surface area (Å²) in [7, 11) is 1.71. The minimum absolute atomic E-state index is 0.216. The third-order valence-electron chi connectivity index (χ3n) is 2.82. The van der Waals surface area contributed by atoms with E-state index in [1.165, 1.54) is 25.7 Å². The summed E-state index contributed by atoms with van der Waals surface area (Å²) in [4.78, 5) is 14.9. The minimum Gasteiger partial charge on any atom is -0.364 e. The second kappa shape index (κ2) is 5.53. The van der Waals surface area contributed by atoms with Crippen molar-refractivity contribution in [1.82, 2.24) is 5.32 Å². The molecule has 1 saturated carbocycles. The van der Waals surface area contributed by atoms with E-state index in [1.54, 1.807) is 7.05 Å². The van der Waals surface area contributed by atoms with Gasteiger partial charge in [0, 0.05) is 13.5 Å². The number of amidine groups is 1. The lowest BCUT2D eigenvalue weighted by Gasteiger charge is -2.13. The third-order valence-corrected chi connectivity index (χ3v) is 2.82. The Balaban J connectivity index is 2.42. The van der Waals surface area contributed by atoms with Crippen molar-refractivity contribution in [3.05, 3.63) is 12.3 Å². The van der Waals surface area contributed by atoms with Crippen molar-refractivity contribution in [3.8, 4) is 0 Å². The molecule has 0 unspecified atom stereocenters. The molecule has 0 atom stereocenters. The van der Waals surface area contributed by atoms with Gasteiger partial charge in [0.1, 0.15) is 5.84 Å². The molecule has 0 aromatic carbocycles. The SMILES string of the molecule is C=C(NC(CC1CCCC1)=NC)C(N)=O. The van der Waals surface area contributed by atoms with Crippen LogP contribution in [0.2, 0.25) is 0 Å². The lowest BCUT2D eigenvalue weighted by atomic mass is 10.0. The van der Waals surface area contributed by atoms with Crippen molar-refractivity contribution in [1.29, 1.82) is 0 Å². The van der Waals surface area contributed by atoms with E-state index in [0.717, 1.165) is 12.3 Å². The second-order valence-electron chi connectivity index (χ2n) is 3.99. The highest BCUT2D eigenvalue weighted by Gasteiger charge is 2.17. The average molecular weight is 209 g/mol. The number of amides is 1. The highest BCUT2D eigenvalue weighted by atomic mass is 16.1. The molecule has 1 fully saturated rings. The highest BCUT2D eigenvalue weighted by molar-refractivity contribution is 5.97. The molecule has 4 nitrogen and oxygen atoms in total. The van der Waals surface area contributed by atoms with Crippen LogP contribution in [-0.4, -0.2) is 18.8 Å². The van der Waals surface area contributed by atoms with Gasteiger partial charge in [0.15, 0.2) is 0 Å². The zero-order valence-electron chi connectivity index (χ0n) is 9.25. The Labute approximate surface area is 90.6 Å². The maximum Gasteiger partial charge on any atom is 0.264 e. The van der Waals surface area contributed by atoms with Crippen molar-refractivity contribution in [3.63, 3.8) is 0 Å². The Morgan fingerprint density at radius 3 is 2.60 bits per heavy atom. The lowest BCUT2D eigenvalue weighted by molar-refractivity contribution is -0.114. The van der Waals surface area contributed by atoms with Crippen LogP contribution in [0.25, 0.3) is 0 Å². The van der Waals surface area contributed by atoms with Gasteiger partial charge in [0.25, 0.3) is 5.91 Å². The van der Waals surface area contributed by atoms with Crippen LogP contribution in [0.4, 0.5) is 0 Å². The molecule has 1 aliphatic rings. The van der Waals surface area contributed by atoms with Crippen LogP contribution in [0.1, 0.15) is 32.1 Å². The molecule has 84 valence electrons. The number of rotatable bonds is 4. The van der Waals surface area contributed by atoms with Crippen molar-refractivity contribution in [2.75, 3.05) is 7.05 Å². The molecule has 3 N–H and O–H groups in total. The molecule has 0 aromatic heterocycles. The first-order valence-corrected chi connectivity index (χ1v) is 5.35. The first kappa shape index (κ1) is 11.8. The number of carbonyl (C=O) groups is 1. The molecular formula is C11H19N3O. The van der Waals surface area contributed by atoms with Crippen LogP contribution in [-0.2, 0) is 4.79 Å². The number of primary amides is 1. The van der Waals surface area contributed by atoms with E-state index in [9.17, 15) is 4.79 Å². The molecule has 0 bridgehead atoms. The van der Waals surface area contributed by atoms with Gasteiger partial charge >= 0.3 is 0 Å². The quantitative estimate of drug-likeness (QED) is 0.415. The number of nitrogens with two attached hydrogens (primary N) is 1. The van der Waals surface area contributed by atoms with Crippen LogP contribution < -0.4 is 11.1 Å². The summed E-state index contributed by atoms with van der Waals surface area (Å²) in [5, 5.41) is 2.87. The third kappa shape index (κ3) is 3.73. The number of nitrogens with zero attached hydrogens (tertiary/aromatic N) is 1. The molecule has 0 aromatic rings. The Hall–Kier alpha value is -1.32. The van der Waals surface area contributed by atoms with Crippen molar-refractivity contribution in [2.45, 2.75) is 32.1 Å². The first-order chi connectivity index (χ1) is 7.13. The maximum atomic E-state index is 10.8. The molecule has 15 heavy (non-hydrogen) atoms. The van der Waals surface area contributed by atoms with Gasteiger partial charge in [0.05, 0.1) is 5.70 Å². The number of aliphatic imine (C=N–C) groups is 1. The van der Waals surface area contributed by atoms with Gasteiger partial charge in [-0.3, -0.25) is 9.79 Å². The van der Waals surface area contributed by atoms with E-state index in [-0.39, 0.29) is 5.70 Å². The summed E-state index contributed by atoms with van der Waals surface area (Å²) in [5.74, 6) is 0.977. The first-order valence-electron chi connectivity index (χ1n) is 5.35. The van der Waals surface area contributed by atoms with Gasteiger partial charge < -0.3 is 11.1 Å². The fourth-order valence-corrected chi connectivity index (χ4v) is 1.92. The van der Waals surface area contributed by atoms with E-state index in [2.05, 4.69) is 16.9 Å². The average Bonchev–Trinajstić information content (AvgIpc) is 2.69. The second-order valence-corrected chi connectivity index (χ2v) is 3.99. The summed E-state index contributed by atoms with van der Waals surface area (Å²) < 4.78 is 0. The van der Waals surface area contributed by atoms with Crippen LogP contribution in [0.5, 0.6) is 0 Å². The summed E-state index contributed by atoms with van der Waals surface area (Å²) >= 11 is 0. The van der Waals surface area contributed by atoms with Crippen LogP contribution in [0, 0.1) is 5.92 Å². The van der Waals surface area contributed by atoms with Gasteiger partial charge in [-0.05, 0) is 5.92 Å². The summed E-state index contributed by atoms with van der Waals surface area (Å²) in [6.45, 7) is 3.55. The van der Waals surface area contributed by atoms with E-state index in [0.29, 0.717) is 5.92 Å². The fraction of sp³-hybridized carbons (Fsp3) is 0.636. The zero-order chi connectivity index (χ0) is 11.3. The molecule has 4 heteroatoms. The van der Waals surface area contributed by atoms with Gasteiger partial charge in [-0.1, -0.05) is 32.3 Å². The molecule has 1 rings (SSSR count). The van der Waals surface area contributed by atoms with E-state index >= 15 is 0 Å². The van der Waals surface area contributed by atoms with E-state index < -0.39 is 5.91 Å². The predicted octanol–water partition coefficient (Wildman–Crippen LogP) is 1.18. The number of hydrogen-bond donors (Lipinski definition) is 2. The van der Waals surface area contributed by atoms with Crippen LogP contribution >= 0.6 is 0 Å². The van der Waals surface area contributed by atoms with Gasteiger partial charge in [-0.25, -0.2) is 0 Å². The lowest BCUT2D eigenvalue weighted by Crippen LogP contribution is -2.31. The largest absolute Gasteiger partial charge is 0.364 e. The van der Waals surface area contributed by atoms with Gasteiger partial charge in [-0.2, -0.15) is 0 Å². The normalized spacial score (nSPS) is 17.8.